The Morgan fingerprint density at radius 3 is 2.78 bits per heavy atom. The maximum absolute atomic E-state index is 4.54. The number of unbranched alkanes of at least 4 members (excludes halogenated alkanes) is 2. The topological polar surface area (TPSA) is 24.9 Å². The van der Waals surface area contributed by atoms with Crippen molar-refractivity contribution in [2.45, 2.75) is 38.6 Å². The molecule has 2 nitrogen and oxygen atoms in total. The van der Waals surface area contributed by atoms with Crippen LogP contribution in [0, 0.1) is 0 Å². The number of nitrogens with zero attached hydrogens (tertiary/aromatic N) is 1. The third kappa shape index (κ3) is 2.88. The number of para-hydroxylation sites is 1. The summed E-state index contributed by atoms with van der Waals surface area (Å²) in [7, 11) is 2.04. The second-order valence-electron chi connectivity index (χ2n) is 4.76. The maximum atomic E-state index is 4.54. The second kappa shape index (κ2) is 6.50. The largest absolute Gasteiger partial charge is 0.313 e. The van der Waals surface area contributed by atoms with E-state index >= 15 is 0 Å². The molecule has 0 amide bonds. The third-order valence-electron chi connectivity index (χ3n) is 3.48. The van der Waals surface area contributed by atoms with E-state index < -0.39 is 0 Å². The Labute approximate surface area is 109 Å². The number of nitrogens with one attached hydrogen (secondary N) is 1. The van der Waals surface area contributed by atoms with Gasteiger partial charge in [-0.1, -0.05) is 50.5 Å². The molecule has 2 aromatic rings. The van der Waals surface area contributed by atoms with Crippen molar-refractivity contribution < 1.29 is 0 Å². The van der Waals surface area contributed by atoms with Gasteiger partial charge in [0.2, 0.25) is 0 Å². The smallest absolute Gasteiger partial charge is 0.0749 e. The van der Waals surface area contributed by atoms with Crippen molar-refractivity contribution in [3.63, 3.8) is 0 Å². The highest BCUT2D eigenvalue weighted by Crippen LogP contribution is 2.25. The third-order valence-corrected chi connectivity index (χ3v) is 3.48. The van der Waals surface area contributed by atoms with E-state index in [0.29, 0.717) is 6.04 Å². The lowest BCUT2D eigenvalue weighted by Gasteiger charge is -2.18. The van der Waals surface area contributed by atoms with Gasteiger partial charge in [0.1, 0.15) is 0 Å². The summed E-state index contributed by atoms with van der Waals surface area (Å²) < 4.78 is 0. The van der Waals surface area contributed by atoms with Gasteiger partial charge in [0.05, 0.1) is 5.52 Å². The Bertz CT molecular complexity index is 488. The first-order chi connectivity index (χ1) is 8.86. The Morgan fingerprint density at radius 2 is 2.00 bits per heavy atom. The number of hydrogen-bond donors (Lipinski definition) is 1. The highest BCUT2D eigenvalue weighted by molar-refractivity contribution is 5.81. The van der Waals surface area contributed by atoms with Crippen LogP contribution in [0.4, 0.5) is 0 Å². The van der Waals surface area contributed by atoms with Gasteiger partial charge in [-0.2, -0.15) is 0 Å². The Hall–Kier alpha value is -1.41. The van der Waals surface area contributed by atoms with E-state index in [9.17, 15) is 0 Å². The number of fused-ring (bicyclic) bond motifs is 1. The van der Waals surface area contributed by atoms with Crippen molar-refractivity contribution in [1.82, 2.24) is 10.3 Å². The normalized spacial score (nSPS) is 12.8. The summed E-state index contributed by atoms with van der Waals surface area (Å²) in [4.78, 5) is 4.54. The highest BCUT2D eigenvalue weighted by Gasteiger charge is 2.12. The summed E-state index contributed by atoms with van der Waals surface area (Å²) in [6, 6.07) is 11.0. The van der Waals surface area contributed by atoms with Gasteiger partial charge in [-0.25, -0.2) is 0 Å². The SMILES string of the molecule is CCCCCC(NC)c1cccc2cccnc12. The number of hydrogen-bond acceptors (Lipinski definition) is 2. The molecule has 2 rings (SSSR count). The summed E-state index contributed by atoms with van der Waals surface area (Å²) in [5.74, 6) is 0. The fraction of sp³-hybridized carbons (Fsp3) is 0.438. The molecule has 0 aliphatic carbocycles. The standard InChI is InChI=1S/C16H22N2/c1-3-4-5-11-15(17-2)14-10-6-8-13-9-7-12-18-16(13)14/h6-10,12,15,17H,3-5,11H2,1-2H3. The van der Waals surface area contributed by atoms with Gasteiger partial charge in [-0.05, 0) is 25.1 Å². The van der Waals surface area contributed by atoms with Crippen molar-refractivity contribution in [3.05, 3.63) is 42.1 Å². The molecule has 2 heteroatoms. The summed E-state index contributed by atoms with van der Waals surface area (Å²) in [6.45, 7) is 2.24. The van der Waals surface area contributed by atoms with Crippen LogP contribution in [0.3, 0.4) is 0 Å². The molecule has 1 atom stereocenters. The van der Waals surface area contributed by atoms with Gasteiger partial charge < -0.3 is 5.32 Å². The Morgan fingerprint density at radius 1 is 1.17 bits per heavy atom. The van der Waals surface area contributed by atoms with E-state index in [1.165, 1.54) is 36.6 Å². The first-order valence-corrected chi connectivity index (χ1v) is 6.87. The van der Waals surface area contributed by atoms with E-state index in [1.54, 1.807) is 0 Å². The second-order valence-corrected chi connectivity index (χ2v) is 4.76. The Kier molecular flexibility index (Phi) is 4.71. The molecule has 0 spiro atoms. The van der Waals surface area contributed by atoms with E-state index in [0.717, 1.165) is 5.52 Å². The molecule has 0 saturated carbocycles. The van der Waals surface area contributed by atoms with Crippen LogP contribution >= 0.6 is 0 Å². The van der Waals surface area contributed by atoms with Crippen molar-refractivity contribution >= 4 is 10.9 Å². The van der Waals surface area contributed by atoms with E-state index in [4.69, 9.17) is 0 Å². The van der Waals surface area contributed by atoms with Gasteiger partial charge >= 0.3 is 0 Å². The molecule has 18 heavy (non-hydrogen) atoms. The molecule has 0 aliphatic rings. The fourth-order valence-corrected chi connectivity index (χ4v) is 2.46. The lowest BCUT2D eigenvalue weighted by Crippen LogP contribution is -2.16. The van der Waals surface area contributed by atoms with E-state index in [2.05, 4.69) is 41.5 Å². The molecular formula is C16H22N2. The minimum atomic E-state index is 0.412. The molecule has 1 aromatic heterocycles. The first-order valence-electron chi connectivity index (χ1n) is 6.87. The maximum Gasteiger partial charge on any atom is 0.0749 e. The molecule has 0 aliphatic heterocycles. The molecule has 1 N–H and O–H groups in total. The molecule has 1 aromatic carbocycles. The molecule has 96 valence electrons. The molecular weight excluding hydrogens is 220 g/mol. The monoisotopic (exact) mass is 242 g/mol. The minimum Gasteiger partial charge on any atom is -0.313 e. The predicted molar refractivity (Wildman–Crippen MR) is 77.7 cm³/mol. The summed E-state index contributed by atoms with van der Waals surface area (Å²) in [5, 5.41) is 4.66. The van der Waals surface area contributed by atoms with Crippen LogP contribution in [0.5, 0.6) is 0 Å². The quantitative estimate of drug-likeness (QED) is 0.772. The summed E-state index contributed by atoms with van der Waals surface area (Å²) in [6.07, 6.45) is 6.90. The van der Waals surface area contributed by atoms with Gasteiger partial charge in [-0.3, -0.25) is 4.98 Å². The van der Waals surface area contributed by atoms with Gasteiger partial charge in [0.25, 0.3) is 0 Å². The molecule has 1 heterocycles. The molecule has 1 unspecified atom stereocenters. The van der Waals surface area contributed by atoms with Crippen LogP contribution in [-0.4, -0.2) is 12.0 Å². The van der Waals surface area contributed by atoms with Crippen molar-refractivity contribution in [3.8, 4) is 0 Å². The predicted octanol–water partition coefficient (Wildman–Crippen LogP) is 4.08. The minimum absolute atomic E-state index is 0.412. The van der Waals surface area contributed by atoms with Crippen LogP contribution in [0.2, 0.25) is 0 Å². The van der Waals surface area contributed by atoms with Crippen LogP contribution < -0.4 is 5.32 Å². The lowest BCUT2D eigenvalue weighted by molar-refractivity contribution is 0.514. The number of pyridine rings is 1. The fourth-order valence-electron chi connectivity index (χ4n) is 2.46. The Balaban J connectivity index is 2.27. The van der Waals surface area contributed by atoms with Crippen LogP contribution in [0.25, 0.3) is 10.9 Å². The zero-order valence-corrected chi connectivity index (χ0v) is 11.3. The zero-order valence-electron chi connectivity index (χ0n) is 11.3. The summed E-state index contributed by atoms with van der Waals surface area (Å²) in [5.41, 5.74) is 2.46. The lowest BCUT2D eigenvalue weighted by atomic mass is 9.98. The van der Waals surface area contributed by atoms with Crippen molar-refractivity contribution in [2.24, 2.45) is 0 Å². The average molecular weight is 242 g/mol. The molecule has 0 fully saturated rings. The molecule has 0 saturated heterocycles. The van der Waals surface area contributed by atoms with E-state index in [-0.39, 0.29) is 0 Å². The van der Waals surface area contributed by atoms with Crippen molar-refractivity contribution in [2.75, 3.05) is 7.05 Å². The van der Waals surface area contributed by atoms with Crippen LogP contribution in [-0.2, 0) is 0 Å². The summed E-state index contributed by atoms with van der Waals surface area (Å²) >= 11 is 0. The first kappa shape index (κ1) is 13.0. The van der Waals surface area contributed by atoms with Gasteiger partial charge in [0.15, 0.2) is 0 Å². The molecule has 0 radical (unpaired) electrons. The van der Waals surface area contributed by atoms with Gasteiger partial charge in [0, 0.05) is 17.6 Å². The zero-order chi connectivity index (χ0) is 12.8. The number of benzene rings is 1. The number of rotatable bonds is 6. The molecule has 0 bridgehead atoms. The van der Waals surface area contributed by atoms with E-state index in [1.807, 2.05) is 19.3 Å². The van der Waals surface area contributed by atoms with Crippen molar-refractivity contribution in [1.29, 1.82) is 0 Å². The highest BCUT2D eigenvalue weighted by atomic mass is 14.9. The van der Waals surface area contributed by atoms with Gasteiger partial charge in [-0.15, -0.1) is 0 Å². The average Bonchev–Trinajstić information content (AvgIpc) is 2.43. The number of aromatic nitrogens is 1. The van der Waals surface area contributed by atoms with Crippen LogP contribution in [0.1, 0.15) is 44.2 Å². The van der Waals surface area contributed by atoms with Crippen LogP contribution in [0.15, 0.2) is 36.5 Å².